The molecule has 1 atom stereocenters. The second-order valence-electron chi connectivity index (χ2n) is 3.67. The lowest BCUT2D eigenvalue weighted by molar-refractivity contribution is -0.0130. The Bertz CT molecular complexity index is 115. The van der Waals surface area contributed by atoms with Crippen molar-refractivity contribution in [2.75, 3.05) is 7.11 Å². The quantitative estimate of drug-likeness (QED) is 0.473. The first-order chi connectivity index (χ1) is 5.58. The highest BCUT2D eigenvalue weighted by molar-refractivity contribution is 4.83. The summed E-state index contributed by atoms with van der Waals surface area (Å²) >= 11 is 0. The van der Waals surface area contributed by atoms with Gasteiger partial charge in [0.2, 0.25) is 0 Å². The molecule has 0 aliphatic heterocycles. The van der Waals surface area contributed by atoms with Crippen LogP contribution >= 0.6 is 0 Å². The highest BCUT2D eigenvalue weighted by Crippen LogP contribution is 2.17. The van der Waals surface area contributed by atoms with E-state index in [0.29, 0.717) is 0 Å². The van der Waals surface area contributed by atoms with Crippen LogP contribution in [0.3, 0.4) is 0 Å². The molecule has 0 radical (unpaired) electrons. The second-order valence-corrected chi connectivity index (χ2v) is 3.67. The van der Waals surface area contributed by atoms with Crippen LogP contribution in [0, 0.1) is 0 Å². The van der Waals surface area contributed by atoms with Crippen LogP contribution in [-0.4, -0.2) is 18.8 Å². The molecule has 0 saturated carbocycles. The van der Waals surface area contributed by atoms with Gasteiger partial charge in [-0.3, -0.25) is 11.3 Å². The first-order valence-electron chi connectivity index (χ1n) is 4.59. The van der Waals surface area contributed by atoms with Crippen LogP contribution in [0.25, 0.3) is 0 Å². The fraction of sp³-hybridized carbons (Fsp3) is 1.00. The van der Waals surface area contributed by atoms with Crippen LogP contribution in [-0.2, 0) is 4.74 Å². The maximum atomic E-state index is 5.45. The van der Waals surface area contributed by atoms with Gasteiger partial charge in [-0.2, -0.15) is 0 Å². The SMILES string of the molecule is CCCCC(NN)C(C)(C)OC. The number of nitrogens with one attached hydrogen (secondary N) is 1. The number of ether oxygens (including phenoxy) is 1. The summed E-state index contributed by atoms with van der Waals surface area (Å²) in [5, 5.41) is 0. The molecule has 1 unspecified atom stereocenters. The zero-order valence-corrected chi connectivity index (χ0v) is 8.68. The van der Waals surface area contributed by atoms with Crippen LogP contribution in [0.1, 0.15) is 40.0 Å². The van der Waals surface area contributed by atoms with Gasteiger partial charge in [-0.05, 0) is 20.3 Å². The van der Waals surface area contributed by atoms with Crippen molar-refractivity contribution in [2.24, 2.45) is 5.84 Å². The first kappa shape index (κ1) is 11.9. The highest BCUT2D eigenvalue weighted by atomic mass is 16.5. The molecule has 0 rings (SSSR count). The minimum Gasteiger partial charge on any atom is -0.377 e. The second kappa shape index (κ2) is 5.51. The van der Waals surface area contributed by atoms with E-state index < -0.39 is 0 Å². The van der Waals surface area contributed by atoms with Gasteiger partial charge in [0.1, 0.15) is 0 Å². The van der Waals surface area contributed by atoms with Crippen molar-refractivity contribution in [2.45, 2.75) is 51.7 Å². The standard InChI is InChI=1S/C9H22N2O/c1-5-6-7-8(11-10)9(2,3)12-4/h8,11H,5-7,10H2,1-4H3. The number of hydrazine groups is 1. The molecule has 0 amide bonds. The van der Waals surface area contributed by atoms with Gasteiger partial charge < -0.3 is 4.74 Å². The third kappa shape index (κ3) is 3.52. The molecular weight excluding hydrogens is 152 g/mol. The monoisotopic (exact) mass is 174 g/mol. The molecule has 3 heteroatoms. The van der Waals surface area contributed by atoms with E-state index in [0.717, 1.165) is 6.42 Å². The zero-order valence-electron chi connectivity index (χ0n) is 8.68. The van der Waals surface area contributed by atoms with E-state index in [4.69, 9.17) is 10.6 Å². The molecule has 0 aliphatic carbocycles. The normalized spacial score (nSPS) is 14.8. The summed E-state index contributed by atoms with van der Waals surface area (Å²) in [7, 11) is 1.72. The van der Waals surface area contributed by atoms with E-state index in [9.17, 15) is 0 Å². The van der Waals surface area contributed by atoms with Crippen molar-refractivity contribution in [1.29, 1.82) is 0 Å². The summed E-state index contributed by atoms with van der Waals surface area (Å²) in [6, 6.07) is 0.238. The predicted octanol–water partition coefficient (Wildman–Crippen LogP) is 1.43. The lowest BCUT2D eigenvalue weighted by Crippen LogP contribution is -2.50. The smallest absolute Gasteiger partial charge is 0.0788 e. The molecule has 12 heavy (non-hydrogen) atoms. The topological polar surface area (TPSA) is 47.3 Å². The van der Waals surface area contributed by atoms with Crippen LogP contribution in [0.15, 0.2) is 0 Å². The number of nitrogens with two attached hydrogens (primary N) is 1. The number of rotatable bonds is 6. The molecule has 0 aromatic heterocycles. The summed E-state index contributed by atoms with van der Waals surface area (Å²) in [5.41, 5.74) is 2.63. The molecule has 0 heterocycles. The minimum absolute atomic E-state index is 0.177. The molecule has 0 aliphatic rings. The first-order valence-corrected chi connectivity index (χ1v) is 4.59. The van der Waals surface area contributed by atoms with Gasteiger partial charge >= 0.3 is 0 Å². The maximum Gasteiger partial charge on any atom is 0.0788 e. The molecule has 74 valence electrons. The molecule has 0 aromatic carbocycles. The summed E-state index contributed by atoms with van der Waals surface area (Å²) < 4.78 is 5.35. The minimum atomic E-state index is -0.177. The van der Waals surface area contributed by atoms with E-state index in [-0.39, 0.29) is 11.6 Å². The predicted molar refractivity (Wildman–Crippen MR) is 51.7 cm³/mol. The number of methoxy groups -OCH3 is 1. The third-order valence-electron chi connectivity index (χ3n) is 2.41. The van der Waals surface area contributed by atoms with Crippen molar-refractivity contribution in [3.05, 3.63) is 0 Å². The lowest BCUT2D eigenvalue weighted by Gasteiger charge is -2.32. The molecule has 0 aromatic rings. The van der Waals surface area contributed by atoms with Crippen molar-refractivity contribution < 1.29 is 4.74 Å². The summed E-state index contributed by atoms with van der Waals surface area (Å²) in [5.74, 6) is 5.45. The Hall–Kier alpha value is -0.120. The van der Waals surface area contributed by atoms with Crippen LogP contribution in [0.4, 0.5) is 0 Å². The Morgan fingerprint density at radius 2 is 2.08 bits per heavy atom. The van der Waals surface area contributed by atoms with Crippen LogP contribution in [0.5, 0.6) is 0 Å². The molecule has 0 bridgehead atoms. The molecule has 3 N–H and O–H groups in total. The van der Waals surface area contributed by atoms with E-state index in [1.165, 1.54) is 12.8 Å². The summed E-state index contributed by atoms with van der Waals surface area (Å²) in [6.45, 7) is 6.27. The van der Waals surface area contributed by atoms with E-state index in [1.54, 1.807) is 7.11 Å². The van der Waals surface area contributed by atoms with Gasteiger partial charge in [0, 0.05) is 13.2 Å². The molecular formula is C9H22N2O. The Labute approximate surface area is 75.6 Å². The van der Waals surface area contributed by atoms with Crippen LogP contribution in [0.2, 0.25) is 0 Å². The largest absolute Gasteiger partial charge is 0.377 e. The van der Waals surface area contributed by atoms with Gasteiger partial charge in [-0.15, -0.1) is 0 Å². The number of hydrogen-bond acceptors (Lipinski definition) is 3. The van der Waals surface area contributed by atoms with Crippen molar-refractivity contribution in [3.8, 4) is 0 Å². The van der Waals surface area contributed by atoms with Gasteiger partial charge in [0.25, 0.3) is 0 Å². The Kier molecular flexibility index (Phi) is 5.46. The third-order valence-corrected chi connectivity index (χ3v) is 2.41. The average Bonchev–Trinajstić information content (AvgIpc) is 2.05. The summed E-state index contributed by atoms with van der Waals surface area (Å²) in [4.78, 5) is 0. The number of unbranched alkanes of at least 4 members (excludes halogenated alkanes) is 1. The Morgan fingerprint density at radius 3 is 2.42 bits per heavy atom. The van der Waals surface area contributed by atoms with Gasteiger partial charge in [-0.1, -0.05) is 19.8 Å². The fourth-order valence-corrected chi connectivity index (χ4v) is 1.18. The molecule has 0 fully saturated rings. The van der Waals surface area contributed by atoms with E-state index >= 15 is 0 Å². The Balaban J connectivity index is 3.95. The van der Waals surface area contributed by atoms with Crippen molar-refractivity contribution >= 4 is 0 Å². The Morgan fingerprint density at radius 1 is 1.50 bits per heavy atom. The lowest BCUT2D eigenvalue weighted by atomic mass is 9.94. The highest BCUT2D eigenvalue weighted by Gasteiger charge is 2.27. The van der Waals surface area contributed by atoms with Crippen molar-refractivity contribution in [3.63, 3.8) is 0 Å². The average molecular weight is 174 g/mol. The zero-order chi connectivity index (χ0) is 9.61. The fourth-order valence-electron chi connectivity index (χ4n) is 1.18. The number of hydrogen-bond donors (Lipinski definition) is 2. The molecule has 0 saturated heterocycles. The van der Waals surface area contributed by atoms with Gasteiger partial charge in [0.15, 0.2) is 0 Å². The van der Waals surface area contributed by atoms with Gasteiger partial charge in [-0.25, -0.2) is 0 Å². The molecule has 3 nitrogen and oxygen atoms in total. The van der Waals surface area contributed by atoms with E-state index in [2.05, 4.69) is 12.3 Å². The van der Waals surface area contributed by atoms with E-state index in [1.807, 2.05) is 13.8 Å². The van der Waals surface area contributed by atoms with Crippen LogP contribution < -0.4 is 11.3 Å². The van der Waals surface area contributed by atoms with Crippen molar-refractivity contribution in [1.82, 2.24) is 5.43 Å². The summed E-state index contributed by atoms with van der Waals surface area (Å²) in [6.07, 6.45) is 3.44. The van der Waals surface area contributed by atoms with Gasteiger partial charge in [0.05, 0.1) is 5.60 Å². The maximum absolute atomic E-state index is 5.45. The molecule has 0 spiro atoms.